The Kier molecular flexibility index (Phi) is 6.52. The largest absolute Gasteiger partial charge is 0.396 e. The first kappa shape index (κ1) is 23.9. The van der Waals surface area contributed by atoms with E-state index in [1.54, 1.807) is 31.4 Å². The number of rotatable bonds is 8. The van der Waals surface area contributed by atoms with E-state index in [1.165, 1.54) is 39.5 Å². The van der Waals surface area contributed by atoms with Crippen molar-refractivity contribution in [3.63, 3.8) is 0 Å². The van der Waals surface area contributed by atoms with Crippen LogP contribution >= 0.6 is 0 Å². The average Bonchev–Trinajstić information content (AvgIpc) is 3.28. The van der Waals surface area contributed by atoms with Gasteiger partial charge in [-0.25, -0.2) is 9.37 Å². The second kappa shape index (κ2) is 9.55. The third kappa shape index (κ3) is 4.99. The fraction of sp³-hybridized carbons (Fsp3) is 0.250. The predicted molar refractivity (Wildman–Crippen MR) is 131 cm³/mol. The first-order valence-electron chi connectivity index (χ1n) is 10.9. The molecule has 0 atom stereocenters. The molecule has 0 unspecified atom stereocenters. The molecular weight excluding hydrogens is 453 g/mol. The van der Waals surface area contributed by atoms with E-state index in [0.717, 1.165) is 0 Å². The molecule has 0 fully saturated rings. The number of nitrogens with one attached hydrogen (secondary N) is 3. The molecule has 3 heterocycles. The number of aromatic nitrogens is 4. The van der Waals surface area contributed by atoms with Gasteiger partial charge in [0.1, 0.15) is 28.7 Å². The van der Waals surface area contributed by atoms with Crippen LogP contribution in [-0.2, 0) is 0 Å². The van der Waals surface area contributed by atoms with E-state index in [1.807, 2.05) is 13.8 Å². The van der Waals surface area contributed by atoms with Gasteiger partial charge in [-0.15, -0.1) is 0 Å². The molecule has 0 radical (unpaired) electrons. The molecular formula is C24H26FN7O3. The van der Waals surface area contributed by atoms with Crippen molar-refractivity contribution in [2.45, 2.75) is 13.8 Å². The van der Waals surface area contributed by atoms with E-state index >= 15 is 0 Å². The third-order valence-corrected chi connectivity index (χ3v) is 5.44. The number of nitrogens with zero attached hydrogens (tertiary/aromatic N) is 4. The number of pyridine rings is 1. The van der Waals surface area contributed by atoms with Crippen LogP contribution in [-0.4, -0.2) is 50.4 Å². The Bertz CT molecular complexity index is 1430. The first-order chi connectivity index (χ1) is 16.7. The molecule has 0 aliphatic rings. The topological polar surface area (TPSA) is 126 Å². The number of halogens is 1. The number of carbonyl (C=O) groups is 1. The van der Waals surface area contributed by atoms with E-state index in [4.69, 9.17) is 0 Å². The lowest BCUT2D eigenvalue weighted by atomic mass is 9.95. The molecule has 0 bridgehead atoms. The maximum absolute atomic E-state index is 13.3. The highest BCUT2D eigenvalue weighted by Gasteiger charge is 2.21. The average molecular weight is 480 g/mol. The zero-order valence-corrected chi connectivity index (χ0v) is 19.5. The number of carbonyl (C=O) groups excluding carboxylic acids is 1. The smallest absolute Gasteiger partial charge is 0.278 e. The second-order valence-electron chi connectivity index (χ2n) is 8.77. The fourth-order valence-corrected chi connectivity index (χ4v) is 3.37. The SMILES string of the molecule is CNc1cc(Nc2cccn(-c3ccc(F)cc3)c2=O)nc2c(C(=O)NCC(C)(C)CO)cnn12. The highest BCUT2D eigenvalue weighted by atomic mass is 19.1. The molecule has 1 aromatic carbocycles. The highest BCUT2D eigenvalue weighted by Crippen LogP contribution is 2.21. The van der Waals surface area contributed by atoms with Gasteiger partial charge < -0.3 is 21.1 Å². The van der Waals surface area contributed by atoms with Crippen molar-refractivity contribution < 1.29 is 14.3 Å². The molecule has 1 amide bonds. The van der Waals surface area contributed by atoms with Gasteiger partial charge in [0.05, 0.1) is 6.20 Å². The Morgan fingerprint density at radius 3 is 2.63 bits per heavy atom. The molecule has 0 saturated carbocycles. The molecule has 0 spiro atoms. The van der Waals surface area contributed by atoms with E-state index in [9.17, 15) is 19.1 Å². The summed E-state index contributed by atoms with van der Waals surface area (Å²) in [5.41, 5.74) is 0.451. The summed E-state index contributed by atoms with van der Waals surface area (Å²) in [6, 6.07) is 10.5. The molecule has 3 aromatic heterocycles. The summed E-state index contributed by atoms with van der Waals surface area (Å²) in [5.74, 6) is 0.0865. The van der Waals surface area contributed by atoms with Gasteiger partial charge in [0.2, 0.25) is 0 Å². The predicted octanol–water partition coefficient (Wildman–Crippen LogP) is 2.55. The van der Waals surface area contributed by atoms with Gasteiger partial charge in [-0.2, -0.15) is 9.61 Å². The van der Waals surface area contributed by atoms with Crippen molar-refractivity contribution in [1.82, 2.24) is 24.5 Å². The van der Waals surface area contributed by atoms with E-state index in [0.29, 0.717) is 17.3 Å². The van der Waals surface area contributed by atoms with Gasteiger partial charge in [-0.3, -0.25) is 14.2 Å². The Morgan fingerprint density at radius 2 is 1.94 bits per heavy atom. The van der Waals surface area contributed by atoms with Gasteiger partial charge in [-0.1, -0.05) is 13.8 Å². The quantitative estimate of drug-likeness (QED) is 0.306. The summed E-state index contributed by atoms with van der Waals surface area (Å²) >= 11 is 0. The lowest BCUT2D eigenvalue weighted by Gasteiger charge is -2.21. The Morgan fingerprint density at radius 1 is 1.20 bits per heavy atom. The monoisotopic (exact) mass is 479 g/mol. The van der Waals surface area contributed by atoms with Crippen LogP contribution in [0.25, 0.3) is 11.3 Å². The van der Waals surface area contributed by atoms with Crippen LogP contribution in [0, 0.1) is 11.2 Å². The molecule has 182 valence electrons. The molecule has 35 heavy (non-hydrogen) atoms. The second-order valence-corrected chi connectivity index (χ2v) is 8.77. The minimum atomic E-state index is -0.480. The zero-order valence-electron chi connectivity index (χ0n) is 19.5. The number of fused-ring (bicyclic) bond motifs is 1. The number of benzene rings is 1. The molecule has 11 heteroatoms. The first-order valence-corrected chi connectivity index (χ1v) is 10.9. The van der Waals surface area contributed by atoms with Crippen molar-refractivity contribution in [3.05, 3.63) is 76.6 Å². The van der Waals surface area contributed by atoms with E-state index < -0.39 is 11.2 Å². The van der Waals surface area contributed by atoms with Gasteiger partial charge in [-0.05, 0) is 36.4 Å². The lowest BCUT2D eigenvalue weighted by Crippen LogP contribution is -2.36. The van der Waals surface area contributed by atoms with Gasteiger partial charge in [0.25, 0.3) is 11.5 Å². The molecule has 0 aliphatic heterocycles. The van der Waals surface area contributed by atoms with E-state index in [2.05, 4.69) is 26.0 Å². The third-order valence-electron chi connectivity index (χ3n) is 5.44. The molecule has 0 aliphatic carbocycles. The summed E-state index contributed by atoms with van der Waals surface area (Å²) in [5, 5.41) is 22.5. The van der Waals surface area contributed by atoms with Gasteiger partial charge in [0, 0.05) is 43.6 Å². The van der Waals surface area contributed by atoms with Crippen LogP contribution in [0.1, 0.15) is 24.2 Å². The molecule has 0 saturated heterocycles. The van der Waals surface area contributed by atoms with Crippen molar-refractivity contribution in [2.24, 2.45) is 5.41 Å². The standard InChI is InChI=1S/C24H26FN7O3/c1-24(2,14-33)13-27-22(34)17-12-28-32-20(26-3)11-19(30-21(17)32)29-18-5-4-10-31(23(18)35)16-8-6-15(25)7-9-16/h4-12,26,33H,13-14H2,1-3H3,(H,27,34)(H,29,30). The van der Waals surface area contributed by atoms with Crippen molar-refractivity contribution in [2.75, 3.05) is 30.8 Å². The van der Waals surface area contributed by atoms with Crippen LogP contribution < -0.4 is 21.5 Å². The maximum atomic E-state index is 13.3. The van der Waals surface area contributed by atoms with Crippen LogP contribution in [0.5, 0.6) is 0 Å². The maximum Gasteiger partial charge on any atom is 0.278 e. The summed E-state index contributed by atoms with van der Waals surface area (Å²) in [6.45, 7) is 3.86. The molecule has 4 N–H and O–H groups in total. The number of aliphatic hydroxyl groups excluding tert-OH is 1. The Hall–Kier alpha value is -4.25. The molecule has 4 rings (SSSR count). The summed E-state index contributed by atoms with van der Waals surface area (Å²) < 4.78 is 16.2. The van der Waals surface area contributed by atoms with Crippen molar-refractivity contribution in [3.8, 4) is 5.69 Å². The van der Waals surface area contributed by atoms with Crippen molar-refractivity contribution in [1.29, 1.82) is 0 Å². The normalized spacial score (nSPS) is 11.5. The minimum absolute atomic E-state index is 0.0786. The highest BCUT2D eigenvalue weighted by molar-refractivity contribution is 6.00. The fourth-order valence-electron chi connectivity index (χ4n) is 3.37. The molecule has 10 nitrogen and oxygen atoms in total. The van der Waals surface area contributed by atoms with Gasteiger partial charge in [0.15, 0.2) is 5.65 Å². The van der Waals surface area contributed by atoms with E-state index in [-0.39, 0.29) is 41.5 Å². The Balaban J connectivity index is 1.68. The minimum Gasteiger partial charge on any atom is -0.396 e. The van der Waals surface area contributed by atoms with Crippen LogP contribution in [0.2, 0.25) is 0 Å². The number of hydrogen-bond donors (Lipinski definition) is 4. The summed E-state index contributed by atoms with van der Waals surface area (Å²) in [7, 11) is 1.70. The van der Waals surface area contributed by atoms with Crippen LogP contribution in [0.4, 0.5) is 21.7 Å². The van der Waals surface area contributed by atoms with Crippen LogP contribution in [0.3, 0.4) is 0 Å². The number of amides is 1. The van der Waals surface area contributed by atoms with Crippen molar-refractivity contribution >= 4 is 28.9 Å². The lowest BCUT2D eigenvalue weighted by molar-refractivity contribution is 0.0912. The zero-order chi connectivity index (χ0) is 25.2. The van der Waals surface area contributed by atoms with Gasteiger partial charge >= 0.3 is 0 Å². The Labute approximate surface area is 200 Å². The number of anilines is 3. The van der Waals surface area contributed by atoms with Crippen LogP contribution in [0.15, 0.2) is 59.7 Å². The number of hydrogen-bond acceptors (Lipinski definition) is 7. The number of aliphatic hydroxyl groups is 1. The molecule has 4 aromatic rings. The summed E-state index contributed by atoms with van der Waals surface area (Å²) in [4.78, 5) is 30.4. The summed E-state index contributed by atoms with van der Waals surface area (Å²) in [6.07, 6.45) is 3.00.